The first-order valence-electron chi connectivity index (χ1n) is 6.58. The Morgan fingerprint density at radius 3 is 2.77 bits per heavy atom. The van der Waals surface area contributed by atoms with Crippen molar-refractivity contribution in [3.8, 4) is 0 Å². The van der Waals surface area contributed by atoms with Crippen LogP contribution in [0.5, 0.6) is 0 Å². The van der Waals surface area contributed by atoms with Crippen LogP contribution in [0.25, 0.3) is 11.2 Å². The van der Waals surface area contributed by atoms with E-state index in [4.69, 9.17) is 20.3 Å². The van der Waals surface area contributed by atoms with Crippen LogP contribution in [-0.2, 0) is 16.0 Å². The zero-order chi connectivity index (χ0) is 16.2. The Hall–Kier alpha value is -1.81. The van der Waals surface area contributed by atoms with Gasteiger partial charge in [-0.15, -0.1) is 10.2 Å². The minimum Gasteiger partial charge on any atom is -0.369 e. The highest BCUT2D eigenvalue weighted by molar-refractivity contribution is 7.51. The molecular weight excluding hydrogens is 315 g/mol. The normalized spacial score (nSPS) is 12.1. The molecule has 0 amide bonds. The number of anilines is 1. The molecule has 0 unspecified atom stereocenters. The number of nitrogens with two attached hydrogens (primary N) is 1. The third kappa shape index (κ3) is 4.88. The molecule has 0 aromatic carbocycles. The van der Waals surface area contributed by atoms with Gasteiger partial charge >= 0.3 is 7.60 Å². The average molecular weight is 332 g/mol. The molecule has 2 aromatic heterocycles. The lowest BCUT2D eigenvalue weighted by atomic mass is 10.3. The molecule has 0 atom stereocenters. The van der Waals surface area contributed by atoms with Crippen LogP contribution < -0.4 is 11.3 Å². The Bertz CT molecular complexity index is 737. The second kappa shape index (κ2) is 6.97. The summed E-state index contributed by atoms with van der Waals surface area (Å²) in [6.45, 7) is 0.444. The van der Waals surface area contributed by atoms with E-state index in [-0.39, 0.29) is 30.0 Å². The molecule has 2 aromatic rings. The third-order valence-corrected chi connectivity index (χ3v) is 3.66. The number of aromatic amines is 1. The molecule has 0 saturated carbocycles. The number of H-pyrrole nitrogens is 1. The number of hydrogen-bond acceptors (Lipinski definition) is 7. The van der Waals surface area contributed by atoms with Crippen LogP contribution in [0.4, 0.5) is 5.95 Å². The maximum atomic E-state index is 11.5. The fourth-order valence-corrected chi connectivity index (χ4v) is 2.42. The van der Waals surface area contributed by atoms with E-state index in [1.165, 1.54) is 4.80 Å². The second-order valence-corrected chi connectivity index (χ2v) is 6.46. The largest absolute Gasteiger partial charge is 0.369 e. The quantitative estimate of drug-likeness (QED) is 0.365. The molecule has 0 aliphatic carbocycles. The number of rotatable bonds is 8. The Morgan fingerprint density at radius 1 is 1.27 bits per heavy atom. The van der Waals surface area contributed by atoms with Crippen LogP contribution in [0.1, 0.15) is 19.3 Å². The second-order valence-electron chi connectivity index (χ2n) is 4.68. The lowest BCUT2D eigenvalue weighted by Gasteiger charge is -2.04. The number of nitrogens with one attached hydrogen (secondary N) is 1. The number of ether oxygens (including phenoxy) is 1. The number of nitrogens with zero attached hydrogens (tertiary/aromatic N) is 4. The molecule has 5 N–H and O–H groups in total. The van der Waals surface area contributed by atoms with Gasteiger partial charge in [-0.3, -0.25) is 14.3 Å². The van der Waals surface area contributed by atoms with Crippen LogP contribution in [0.3, 0.4) is 0 Å². The summed E-state index contributed by atoms with van der Waals surface area (Å²) in [5.41, 5.74) is 5.16. The molecule has 2 heterocycles. The van der Waals surface area contributed by atoms with Gasteiger partial charge in [0.25, 0.3) is 5.56 Å². The molecule has 0 radical (unpaired) electrons. The SMILES string of the molecule is Nc1nc2nn(COCCCCCP(=O)(O)O)nc2c(=O)[nH]1. The van der Waals surface area contributed by atoms with E-state index in [1.807, 2.05) is 0 Å². The Labute approximate surface area is 124 Å². The van der Waals surface area contributed by atoms with Gasteiger partial charge in [0.1, 0.15) is 0 Å². The summed E-state index contributed by atoms with van der Waals surface area (Å²) in [4.78, 5) is 36.3. The summed E-state index contributed by atoms with van der Waals surface area (Å²) in [5.74, 6) is -0.0319. The summed E-state index contributed by atoms with van der Waals surface area (Å²) < 4.78 is 16.0. The van der Waals surface area contributed by atoms with Gasteiger partial charge in [-0.05, 0) is 12.8 Å². The Balaban J connectivity index is 1.75. The fourth-order valence-electron chi connectivity index (χ4n) is 1.78. The molecular formula is C10H17N6O5P. The topological polar surface area (TPSA) is 169 Å². The number of nitrogen functional groups attached to an aromatic ring is 1. The maximum absolute atomic E-state index is 11.5. The van der Waals surface area contributed by atoms with E-state index in [0.717, 1.165) is 0 Å². The molecule has 0 spiro atoms. The van der Waals surface area contributed by atoms with Gasteiger partial charge < -0.3 is 20.3 Å². The van der Waals surface area contributed by atoms with Crippen molar-refractivity contribution in [3.63, 3.8) is 0 Å². The molecule has 0 aliphatic heterocycles. The van der Waals surface area contributed by atoms with Gasteiger partial charge in [-0.25, -0.2) is 0 Å². The first kappa shape index (κ1) is 16.6. The highest BCUT2D eigenvalue weighted by atomic mass is 31.2. The van der Waals surface area contributed by atoms with E-state index < -0.39 is 13.2 Å². The van der Waals surface area contributed by atoms with Crippen LogP contribution in [0, 0.1) is 0 Å². The lowest BCUT2D eigenvalue weighted by molar-refractivity contribution is 0.0574. The van der Waals surface area contributed by atoms with Gasteiger partial charge in [0.15, 0.2) is 12.2 Å². The first-order valence-corrected chi connectivity index (χ1v) is 8.38. The van der Waals surface area contributed by atoms with Crippen molar-refractivity contribution in [1.82, 2.24) is 25.0 Å². The van der Waals surface area contributed by atoms with E-state index >= 15 is 0 Å². The van der Waals surface area contributed by atoms with Crippen LogP contribution in [-0.4, -0.2) is 47.5 Å². The number of hydrogen-bond donors (Lipinski definition) is 4. The standard InChI is InChI=1S/C10H17N6O5P/c11-10-12-8-7(9(17)13-10)14-16(15-8)6-21-4-2-1-3-5-22(18,19)20/h1-6H2,(H2,18,19,20)(H3,11,12,13,15,17). The molecule has 0 saturated heterocycles. The van der Waals surface area contributed by atoms with Gasteiger partial charge in [0.05, 0.1) is 0 Å². The van der Waals surface area contributed by atoms with Gasteiger partial charge in [-0.2, -0.15) is 9.78 Å². The van der Waals surface area contributed by atoms with Crippen molar-refractivity contribution in [1.29, 1.82) is 0 Å². The summed E-state index contributed by atoms with van der Waals surface area (Å²) in [6.07, 6.45) is 1.63. The smallest absolute Gasteiger partial charge is 0.325 e. The van der Waals surface area contributed by atoms with Crippen LogP contribution in [0.2, 0.25) is 0 Å². The van der Waals surface area contributed by atoms with Crippen molar-refractivity contribution in [2.75, 3.05) is 18.5 Å². The van der Waals surface area contributed by atoms with Crippen molar-refractivity contribution in [2.24, 2.45) is 0 Å². The van der Waals surface area contributed by atoms with E-state index in [2.05, 4.69) is 20.2 Å². The van der Waals surface area contributed by atoms with E-state index in [1.54, 1.807) is 0 Å². The zero-order valence-corrected chi connectivity index (χ0v) is 12.6. The monoisotopic (exact) mass is 332 g/mol. The van der Waals surface area contributed by atoms with E-state index in [9.17, 15) is 9.36 Å². The predicted molar refractivity (Wildman–Crippen MR) is 77.1 cm³/mol. The van der Waals surface area contributed by atoms with Crippen LogP contribution >= 0.6 is 7.60 Å². The van der Waals surface area contributed by atoms with Crippen molar-refractivity contribution in [2.45, 2.75) is 26.0 Å². The summed E-state index contributed by atoms with van der Waals surface area (Å²) in [7, 11) is -3.91. The molecule has 22 heavy (non-hydrogen) atoms. The molecule has 11 nitrogen and oxygen atoms in total. The number of unbranched alkanes of at least 4 members (excludes halogenated alkanes) is 2. The van der Waals surface area contributed by atoms with Crippen molar-refractivity contribution >= 4 is 24.7 Å². The Kier molecular flexibility index (Phi) is 5.24. The molecule has 0 bridgehead atoms. The summed E-state index contributed by atoms with van der Waals surface area (Å²) in [5, 5.41) is 7.90. The van der Waals surface area contributed by atoms with Crippen molar-refractivity contribution in [3.05, 3.63) is 10.4 Å². The first-order chi connectivity index (χ1) is 10.3. The molecule has 122 valence electrons. The van der Waals surface area contributed by atoms with Crippen LogP contribution in [0.15, 0.2) is 4.79 Å². The minimum atomic E-state index is -3.91. The fraction of sp³-hybridized carbons (Fsp3) is 0.600. The summed E-state index contributed by atoms with van der Waals surface area (Å²) in [6, 6.07) is 0. The average Bonchev–Trinajstić information content (AvgIpc) is 2.79. The summed E-state index contributed by atoms with van der Waals surface area (Å²) >= 11 is 0. The third-order valence-electron chi connectivity index (χ3n) is 2.77. The zero-order valence-electron chi connectivity index (χ0n) is 11.7. The highest BCUT2D eigenvalue weighted by Gasteiger charge is 2.11. The minimum absolute atomic E-state index is 0.0319. The molecule has 2 rings (SSSR count). The van der Waals surface area contributed by atoms with Crippen molar-refractivity contribution < 1.29 is 19.1 Å². The lowest BCUT2D eigenvalue weighted by Crippen LogP contribution is -2.11. The Morgan fingerprint density at radius 2 is 2.05 bits per heavy atom. The van der Waals surface area contributed by atoms with Gasteiger partial charge in [0, 0.05) is 12.8 Å². The number of aromatic nitrogens is 5. The number of fused-ring (bicyclic) bond motifs is 1. The molecule has 0 fully saturated rings. The van der Waals surface area contributed by atoms with Gasteiger partial charge in [0.2, 0.25) is 11.6 Å². The maximum Gasteiger partial charge on any atom is 0.325 e. The predicted octanol–water partition coefficient (Wildman–Crippen LogP) is -0.581. The van der Waals surface area contributed by atoms with E-state index in [0.29, 0.717) is 25.9 Å². The molecule has 12 heteroatoms. The highest BCUT2D eigenvalue weighted by Crippen LogP contribution is 2.35. The van der Waals surface area contributed by atoms with Gasteiger partial charge in [-0.1, -0.05) is 6.42 Å². The molecule has 0 aliphatic rings.